The molecule has 0 saturated heterocycles. The summed E-state index contributed by atoms with van der Waals surface area (Å²) in [6.45, 7) is 0.637. The Bertz CT molecular complexity index is 376. The van der Waals surface area contributed by atoms with Gasteiger partial charge in [-0.2, -0.15) is 10.2 Å². The van der Waals surface area contributed by atoms with E-state index >= 15 is 0 Å². The Labute approximate surface area is 81.7 Å². The molecule has 0 amide bonds. The highest BCUT2D eigenvalue weighted by Crippen LogP contribution is 2.09. The molecule has 0 atom stereocenters. The number of aromatic amines is 2. The molecule has 0 unspecified atom stereocenters. The van der Waals surface area contributed by atoms with Gasteiger partial charge < -0.3 is 5.73 Å². The Morgan fingerprint density at radius 1 is 1.29 bits per heavy atom. The highest BCUT2D eigenvalue weighted by Gasteiger charge is 2.05. The first-order valence-corrected chi connectivity index (χ1v) is 4.59. The maximum Gasteiger partial charge on any atom is 0.0526 e. The second kappa shape index (κ2) is 4.06. The summed E-state index contributed by atoms with van der Waals surface area (Å²) in [5, 5.41) is 13.8. The van der Waals surface area contributed by atoms with E-state index in [1.807, 2.05) is 12.3 Å². The molecule has 2 aromatic rings. The molecule has 0 bridgehead atoms. The van der Waals surface area contributed by atoms with Gasteiger partial charge >= 0.3 is 0 Å². The number of nitrogens with two attached hydrogens (primary N) is 1. The third kappa shape index (κ3) is 1.82. The summed E-state index contributed by atoms with van der Waals surface area (Å²) in [5.41, 5.74) is 8.88. The normalized spacial score (nSPS) is 10.6. The van der Waals surface area contributed by atoms with Crippen LogP contribution in [0.25, 0.3) is 0 Å². The highest BCUT2D eigenvalue weighted by molar-refractivity contribution is 5.22. The van der Waals surface area contributed by atoms with Crippen molar-refractivity contribution >= 4 is 0 Å². The quantitative estimate of drug-likeness (QED) is 0.646. The minimum atomic E-state index is 0.637. The van der Waals surface area contributed by atoms with Crippen molar-refractivity contribution in [2.24, 2.45) is 5.73 Å². The van der Waals surface area contributed by atoms with Gasteiger partial charge in [0, 0.05) is 30.4 Å². The summed E-state index contributed by atoms with van der Waals surface area (Å²) >= 11 is 0. The van der Waals surface area contributed by atoms with Gasteiger partial charge in [-0.25, -0.2) is 0 Å². The second-order valence-corrected chi connectivity index (χ2v) is 3.17. The number of H-pyrrole nitrogens is 2. The van der Waals surface area contributed by atoms with E-state index in [4.69, 9.17) is 5.73 Å². The summed E-state index contributed by atoms with van der Waals surface area (Å²) in [4.78, 5) is 0. The first kappa shape index (κ1) is 8.96. The summed E-state index contributed by atoms with van der Waals surface area (Å²) in [6, 6.07) is 1.96. The molecule has 14 heavy (non-hydrogen) atoms. The van der Waals surface area contributed by atoms with Crippen LogP contribution in [0, 0.1) is 0 Å². The van der Waals surface area contributed by atoms with Crippen molar-refractivity contribution in [2.75, 3.05) is 6.54 Å². The molecule has 74 valence electrons. The number of hydrogen-bond donors (Lipinski definition) is 3. The van der Waals surface area contributed by atoms with Crippen molar-refractivity contribution in [2.45, 2.75) is 12.8 Å². The van der Waals surface area contributed by atoms with Crippen molar-refractivity contribution in [3.63, 3.8) is 0 Å². The van der Waals surface area contributed by atoms with Crippen LogP contribution < -0.4 is 5.73 Å². The highest BCUT2D eigenvalue weighted by atomic mass is 15.1. The molecule has 0 radical (unpaired) electrons. The second-order valence-electron chi connectivity index (χ2n) is 3.17. The zero-order valence-electron chi connectivity index (χ0n) is 7.83. The van der Waals surface area contributed by atoms with E-state index in [2.05, 4.69) is 20.4 Å². The molecule has 5 heteroatoms. The van der Waals surface area contributed by atoms with Crippen LogP contribution in [-0.2, 0) is 12.8 Å². The third-order valence-electron chi connectivity index (χ3n) is 2.14. The number of hydrogen-bond acceptors (Lipinski definition) is 3. The van der Waals surface area contributed by atoms with Gasteiger partial charge in [-0.1, -0.05) is 0 Å². The first-order valence-electron chi connectivity index (χ1n) is 4.59. The minimum Gasteiger partial charge on any atom is -0.330 e. The maximum atomic E-state index is 5.49. The molecule has 0 fully saturated rings. The molecular formula is C9H13N5. The van der Waals surface area contributed by atoms with Crippen LogP contribution in [0.2, 0.25) is 0 Å². The zero-order valence-corrected chi connectivity index (χ0v) is 7.83. The maximum absolute atomic E-state index is 5.49. The summed E-state index contributed by atoms with van der Waals surface area (Å²) < 4.78 is 0. The van der Waals surface area contributed by atoms with E-state index in [1.54, 1.807) is 6.20 Å². The predicted octanol–water partition coefficient (Wildman–Crippen LogP) is 0.225. The molecule has 2 aromatic heterocycles. The number of nitrogens with zero attached hydrogens (tertiary/aromatic N) is 2. The number of rotatable bonds is 4. The third-order valence-corrected chi connectivity index (χ3v) is 2.14. The van der Waals surface area contributed by atoms with Gasteiger partial charge in [0.05, 0.1) is 6.20 Å². The van der Waals surface area contributed by atoms with Crippen LogP contribution >= 0.6 is 0 Å². The summed E-state index contributed by atoms with van der Waals surface area (Å²) in [5.74, 6) is 0. The standard InChI is InChI=1S/C9H13N5/c10-3-1-9-7(6-12-14-9)5-8-2-4-11-13-8/h2,4,6H,1,3,5,10H2,(H,11,13)(H,12,14). The van der Waals surface area contributed by atoms with E-state index in [1.165, 1.54) is 5.56 Å². The molecule has 0 aliphatic heterocycles. The van der Waals surface area contributed by atoms with E-state index < -0.39 is 0 Å². The fraction of sp³-hybridized carbons (Fsp3) is 0.333. The van der Waals surface area contributed by atoms with Gasteiger partial charge in [0.25, 0.3) is 0 Å². The average Bonchev–Trinajstić information content (AvgIpc) is 2.80. The molecule has 2 heterocycles. The first-order chi connectivity index (χ1) is 6.90. The Kier molecular flexibility index (Phi) is 2.60. The number of aromatic nitrogens is 4. The van der Waals surface area contributed by atoms with E-state index in [0.717, 1.165) is 24.2 Å². The van der Waals surface area contributed by atoms with Crippen molar-refractivity contribution in [1.82, 2.24) is 20.4 Å². The molecule has 0 aliphatic carbocycles. The van der Waals surface area contributed by atoms with Crippen LogP contribution in [0.4, 0.5) is 0 Å². The largest absolute Gasteiger partial charge is 0.330 e. The monoisotopic (exact) mass is 191 g/mol. The average molecular weight is 191 g/mol. The van der Waals surface area contributed by atoms with Gasteiger partial charge in [-0.05, 0) is 18.2 Å². The van der Waals surface area contributed by atoms with Crippen LogP contribution in [0.15, 0.2) is 18.5 Å². The van der Waals surface area contributed by atoms with Gasteiger partial charge in [-0.15, -0.1) is 0 Å². The molecule has 4 N–H and O–H groups in total. The molecule has 0 aromatic carbocycles. The molecule has 5 nitrogen and oxygen atoms in total. The van der Waals surface area contributed by atoms with E-state index in [-0.39, 0.29) is 0 Å². The lowest BCUT2D eigenvalue weighted by Gasteiger charge is -1.99. The lowest BCUT2D eigenvalue weighted by molar-refractivity contribution is 0.885. The molecule has 0 saturated carbocycles. The topological polar surface area (TPSA) is 83.4 Å². The summed E-state index contributed by atoms with van der Waals surface area (Å²) in [6.07, 6.45) is 5.25. The van der Waals surface area contributed by atoms with Crippen molar-refractivity contribution < 1.29 is 0 Å². The Morgan fingerprint density at radius 2 is 2.21 bits per heavy atom. The SMILES string of the molecule is NCCc1[nH]ncc1Cc1ccn[nH]1. The fourth-order valence-corrected chi connectivity index (χ4v) is 1.44. The fourth-order valence-electron chi connectivity index (χ4n) is 1.44. The van der Waals surface area contributed by atoms with Crippen LogP contribution in [-0.4, -0.2) is 26.9 Å². The van der Waals surface area contributed by atoms with E-state index in [9.17, 15) is 0 Å². The molecule has 0 spiro atoms. The van der Waals surface area contributed by atoms with Crippen LogP contribution in [0.3, 0.4) is 0 Å². The Morgan fingerprint density at radius 3 is 2.93 bits per heavy atom. The molecule has 2 rings (SSSR count). The Balaban J connectivity index is 2.12. The minimum absolute atomic E-state index is 0.637. The molecular weight excluding hydrogens is 178 g/mol. The van der Waals surface area contributed by atoms with Crippen LogP contribution in [0.1, 0.15) is 17.0 Å². The van der Waals surface area contributed by atoms with E-state index in [0.29, 0.717) is 6.54 Å². The lowest BCUT2D eigenvalue weighted by atomic mass is 10.1. The zero-order chi connectivity index (χ0) is 9.80. The van der Waals surface area contributed by atoms with Crippen molar-refractivity contribution in [3.8, 4) is 0 Å². The van der Waals surface area contributed by atoms with Crippen molar-refractivity contribution in [1.29, 1.82) is 0 Å². The van der Waals surface area contributed by atoms with Gasteiger partial charge in [-0.3, -0.25) is 10.2 Å². The predicted molar refractivity (Wildman–Crippen MR) is 52.7 cm³/mol. The lowest BCUT2D eigenvalue weighted by Crippen LogP contribution is -2.05. The van der Waals surface area contributed by atoms with Gasteiger partial charge in [0.1, 0.15) is 0 Å². The summed E-state index contributed by atoms with van der Waals surface area (Å²) in [7, 11) is 0. The number of nitrogens with one attached hydrogen (secondary N) is 2. The smallest absolute Gasteiger partial charge is 0.0526 e. The van der Waals surface area contributed by atoms with Crippen LogP contribution in [0.5, 0.6) is 0 Å². The Hall–Kier alpha value is -1.62. The van der Waals surface area contributed by atoms with Gasteiger partial charge in [0.2, 0.25) is 0 Å². The van der Waals surface area contributed by atoms with Gasteiger partial charge in [0.15, 0.2) is 0 Å². The van der Waals surface area contributed by atoms with Crippen molar-refractivity contribution in [3.05, 3.63) is 35.4 Å². The molecule has 0 aliphatic rings.